The summed E-state index contributed by atoms with van der Waals surface area (Å²) in [6, 6.07) is 1.02. The summed E-state index contributed by atoms with van der Waals surface area (Å²) in [7, 11) is 0. The van der Waals surface area contributed by atoms with E-state index in [0.717, 1.165) is 24.6 Å². The summed E-state index contributed by atoms with van der Waals surface area (Å²) in [5.74, 6) is -4.22. The standard InChI is InChI=1S/C26H30F5N7O2S/c1-14-21(37-41-36-14)23(40)34-22(15-5-8-25(27,28)9-6-15)18-13-38-19(33-18)11-17(12-32-38)24(2,16-3-4-16)35-20(39)7-10-26(29,30)31/h11-13,15-16,22H,3-10H2,1-2H3,(H,34,40)(H,35,39)/t22-,24-/m0/s1. The molecule has 0 saturated heterocycles. The summed E-state index contributed by atoms with van der Waals surface area (Å²) < 4.78 is 75.5. The molecule has 3 aromatic heterocycles. The van der Waals surface area contributed by atoms with Crippen molar-refractivity contribution in [3.8, 4) is 0 Å². The fraction of sp³-hybridized carbons (Fsp3) is 0.615. The fourth-order valence-corrected chi connectivity index (χ4v) is 6.03. The number of imidazole rings is 1. The SMILES string of the molecule is Cc1nsnc1C(=O)N[C@H](c1cn2ncc([C@@](C)(NC(=O)CCC(F)(F)F)C3CC3)cc2n1)C1CCC(F)(F)CC1. The second-order valence-corrected chi connectivity index (χ2v) is 11.7. The lowest BCUT2D eigenvalue weighted by Gasteiger charge is -2.33. The van der Waals surface area contributed by atoms with Crippen LogP contribution in [0.4, 0.5) is 22.0 Å². The van der Waals surface area contributed by atoms with Crippen LogP contribution in [0, 0.1) is 18.8 Å². The molecule has 41 heavy (non-hydrogen) atoms. The maximum absolute atomic E-state index is 14.0. The van der Waals surface area contributed by atoms with Gasteiger partial charge in [-0.3, -0.25) is 9.59 Å². The molecule has 9 nitrogen and oxygen atoms in total. The lowest BCUT2D eigenvalue weighted by atomic mass is 9.81. The van der Waals surface area contributed by atoms with Gasteiger partial charge in [0, 0.05) is 24.8 Å². The predicted molar refractivity (Wildman–Crippen MR) is 138 cm³/mol. The Kier molecular flexibility index (Phi) is 7.76. The number of carbonyl (C=O) groups excluding carboxylic acids is 2. The highest BCUT2D eigenvalue weighted by atomic mass is 32.1. The molecule has 2 saturated carbocycles. The average Bonchev–Trinajstić information content (AvgIpc) is 3.54. The lowest BCUT2D eigenvalue weighted by Crippen LogP contribution is -2.45. The molecule has 15 heteroatoms. The molecule has 2 amide bonds. The van der Waals surface area contributed by atoms with E-state index in [2.05, 4.69) is 29.5 Å². The first-order chi connectivity index (χ1) is 19.2. The van der Waals surface area contributed by atoms with Gasteiger partial charge in [0.15, 0.2) is 11.3 Å². The predicted octanol–water partition coefficient (Wildman–Crippen LogP) is 5.27. The number of aryl methyl sites for hydroxylation is 1. The average molecular weight is 600 g/mol. The normalized spacial score (nSPS) is 20.0. The van der Waals surface area contributed by atoms with Gasteiger partial charge in [0.1, 0.15) is 0 Å². The van der Waals surface area contributed by atoms with Crippen LogP contribution in [-0.4, -0.2) is 47.3 Å². The topological polar surface area (TPSA) is 114 Å². The third-order valence-corrected chi connectivity index (χ3v) is 8.69. The monoisotopic (exact) mass is 599 g/mol. The van der Waals surface area contributed by atoms with Crippen molar-refractivity contribution >= 4 is 29.2 Å². The van der Waals surface area contributed by atoms with Crippen molar-refractivity contribution in [2.45, 2.75) is 88.9 Å². The zero-order valence-electron chi connectivity index (χ0n) is 22.5. The van der Waals surface area contributed by atoms with Crippen LogP contribution in [0.15, 0.2) is 18.5 Å². The van der Waals surface area contributed by atoms with Crippen molar-refractivity contribution in [1.29, 1.82) is 0 Å². The maximum atomic E-state index is 14.0. The Labute approximate surface area is 236 Å². The molecule has 3 heterocycles. The zero-order valence-corrected chi connectivity index (χ0v) is 23.3. The summed E-state index contributed by atoms with van der Waals surface area (Å²) in [6.07, 6.45) is -1.80. The van der Waals surface area contributed by atoms with Crippen molar-refractivity contribution in [2.24, 2.45) is 11.8 Å². The van der Waals surface area contributed by atoms with Gasteiger partial charge in [0.25, 0.3) is 5.91 Å². The Morgan fingerprint density at radius 3 is 2.49 bits per heavy atom. The minimum atomic E-state index is -4.44. The van der Waals surface area contributed by atoms with Crippen molar-refractivity contribution < 1.29 is 31.5 Å². The zero-order chi connectivity index (χ0) is 29.6. The molecule has 222 valence electrons. The van der Waals surface area contributed by atoms with Crippen molar-refractivity contribution in [3.63, 3.8) is 0 Å². The van der Waals surface area contributed by atoms with E-state index >= 15 is 0 Å². The highest BCUT2D eigenvalue weighted by Crippen LogP contribution is 2.46. The van der Waals surface area contributed by atoms with Gasteiger partial charge >= 0.3 is 6.18 Å². The lowest BCUT2D eigenvalue weighted by molar-refractivity contribution is -0.145. The van der Waals surface area contributed by atoms with E-state index in [9.17, 15) is 31.5 Å². The first kappa shape index (κ1) is 29.3. The summed E-state index contributed by atoms with van der Waals surface area (Å²) in [5, 5.41) is 10.2. The first-order valence-electron chi connectivity index (χ1n) is 13.5. The van der Waals surface area contributed by atoms with E-state index < -0.39 is 48.3 Å². The van der Waals surface area contributed by atoms with Gasteiger partial charge in [-0.15, -0.1) is 0 Å². The molecular weight excluding hydrogens is 569 g/mol. The number of halogens is 5. The van der Waals surface area contributed by atoms with Crippen LogP contribution in [0.1, 0.15) is 91.8 Å². The van der Waals surface area contributed by atoms with Gasteiger partial charge in [-0.05, 0) is 57.4 Å². The van der Waals surface area contributed by atoms with E-state index in [4.69, 9.17) is 0 Å². The fourth-order valence-electron chi connectivity index (χ4n) is 5.48. The van der Waals surface area contributed by atoms with Crippen LogP contribution in [0.2, 0.25) is 0 Å². The number of fused-ring (bicyclic) bond motifs is 1. The van der Waals surface area contributed by atoms with E-state index in [1.54, 1.807) is 32.3 Å². The van der Waals surface area contributed by atoms with Gasteiger partial charge in [-0.25, -0.2) is 18.3 Å². The largest absolute Gasteiger partial charge is 0.389 e. The number of alkyl halides is 5. The molecule has 0 bridgehead atoms. The van der Waals surface area contributed by atoms with Crippen LogP contribution >= 0.6 is 11.7 Å². The van der Waals surface area contributed by atoms with E-state index in [1.807, 2.05) is 0 Å². The van der Waals surface area contributed by atoms with Crippen LogP contribution in [0.5, 0.6) is 0 Å². The Bertz CT molecular complexity index is 1430. The van der Waals surface area contributed by atoms with Crippen molar-refractivity contribution in [2.75, 3.05) is 0 Å². The highest BCUT2D eigenvalue weighted by molar-refractivity contribution is 6.99. The van der Waals surface area contributed by atoms with Crippen LogP contribution in [-0.2, 0) is 10.3 Å². The van der Waals surface area contributed by atoms with Gasteiger partial charge in [-0.2, -0.15) is 27.0 Å². The number of hydrogen-bond acceptors (Lipinski definition) is 7. The number of nitrogens with one attached hydrogen (secondary N) is 2. The first-order valence-corrected chi connectivity index (χ1v) is 14.2. The number of hydrogen-bond donors (Lipinski definition) is 2. The third-order valence-electron chi connectivity index (χ3n) is 8.07. The maximum Gasteiger partial charge on any atom is 0.389 e. The van der Waals surface area contributed by atoms with Gasteiger partial charge in [-0.1, -0.05) is 0 Å². The molecule has 2 atom stereocenters. The smallest absolute Gasteiger partial charge is 0.347 e. The molecule has 0 aliphatic heterocycles. The molecule has 0 spiro atoms. The summed E-state index contributed by atoms with van der Waals surface area (Å²) in [6.45, 7) is 3.42. The summed E-state index contributed by atoms with van der Waals surface area (Å²) >= 11 is 0.901. The molecule has 2 aliphatic carbocycles. The highest BCUT2D eigenvalue weighted by Gasteiger charge is 2.45. The Morgan fingerprint density at radius 2 is 1.88 bits per heavy atom. The van der Waals surface area contributed by atoms with Gasteiger partial charge < -0.3 is 10.6 Å². The Balaban J connectivity index is 1.43. The summed E-state index contributed by atoms with van der Waals surface area (Å²) in [4.78, 5) is 30.2. The minimum Gasteiger partial charge on any atom is -0.347 e. The molecule has 2 aliphatic rings. The van der Waals surface area contributed by atoms with Crippen molar-refractivity contribution in [1.82, 2.24) is 34.0 Å². The van der Waals surface area contributed by atoms with Crippen LogP contribution in [0.25, 0.3) is 5.65 Å². The molecule has 5 rings (SSSR count). The van der Waals surface area contributed by atoms with Crippen LogP contribution < -0.4 is 10.6 Å². The van der Waals surface area contributed by atoms with Gasteiger partial charge in [0.05, 0.1) is 53.5 Å². The Hall–Kier alpha value is -3.23. The van der Waals surface area contributed by atoms with E-state index in [0.29, 0.717) is 22.6 Å². The van der Waals surface area contributed by atoms with E-state index in [-0.39, 0.29) is 43.2 Å². The second kappa shape index (κ2) is 10.9. The molecule has 3 aromatic rings. The molecule has 0 aromatic carbocycles. The minimum absolute atomic E-state index is 0.0296. The molecule has 0 unspecified atom stereocenters. The van der Waals surface area contributed by atoms with Crippen LogP contribution in [0.3, 0.4) is 0 Å². The second-order valence-electron chi connectivity index (χ2n) is 11.2. The van der Waals surface area contributed by atoms with E-state index in [1.165, 1.54) is 4.52 Å². The number of rotatable bonds is 9. The number of nitrogens with zero attached hydrogens (tertiary/aromatic N) is 5. The number of aromatic nitrogens is 5. The summed E-state index contributed by atoms with van der Waals surface area (Å²) in [5.41, 5.74) is 1.08. The molecule has 2 fully saturated rings. The van der Waals surface area contributed by atoms with Gasteiger partial charge in [0.2, 0.25) is 11.8 Å². The Morgan fingerprint density at radius 1 is 1.17 bits per heavy atom. The number of carbonyl (C=O) groups is 2. The van der Waals surface area contributed by atoms with Crippen molar-refractivity contribution in [3.05, 3.63) is 41.1 Å². The molecule has 2 N–H and O–H groups in total. The third kappa shape index (κ3) is 6.65. The number of amides is 2. The molecular formula is C26H30F5N7O2S. The quantitative estimate of drug-likeness (QED) is 0.324. The molecule has 0 radical (unpaired) electrons.